The second-order valence-corrected chi connectivity index (χ2v) is 6.18. The van der Waals surface area contributed by atoms with Crippen LogP contribution in [0.4, 0.5) is 5.69 Å². The number of nitrogens with zero attached hydrogens (tertiary/aromatic N) is 1. The van der Waals surface area contributed by atoms with E-state index in [2.05, 4.69) is 28.8 Å². The van der Waals surface area contributed by atoms with Crippen molar-refractivity contribution in [3.8, 4) is 11.3 Å². The van der Waals surface area contributed by atoms with E-state index < -0.39 is 0 Å². The van der Waals surface area contributed by atoms with Crippen molar-refractivity contribution in [3.05, 3.63) is 53.6 Å². The Balaban J connectivity index is 1.95. The minimum Gasteiger partial charge on any atom is -0.399 e. The molecule has 4 rings (SSSR count). The average molecular weight is 313 g/mol. The van der Waals surface area contributed by atoms with Crippen LogP contribution in [-0.4, -0.2) is 17.8 Å². The van der Waals surface area contributed by atoms with Crippen LogP contribution in [0, 0.1) is 0 Å². The predicted molar refractivity (Wildman–Crippen MR) is 91.3 cm³/mol. The molecule has 3 aromatic rings. The maximum absolute atomic E-state index is 6.02. The number of anilines is 1. The summed E-state index contributed by atoms with van der Waals surface area (Å²) in [5.74, 6) is 0. The van der Waals surface area contributed by atoms with E-state index >= 15 is 0 Å². The van der Waals surface area contributed by atoms with E-state index in [1.807, 2.05) is 24.3 Å². The van der Waals surface area contributed by atoms with Crippen LogP contribution in [0.2, 0.25) is 5.02 Å². The Hall–Kier alpha value is -1.97. The van der Waals surface area contributed by atoms with Crippen LogP contribution in [-0.2, 0) is 4.74 Å². The summed E-state index contributed by atoms with van der Waals surface area (Å²) in [5, 5.41) is 1.91. The first-order chi connectivity index (χ1) is 10.7. The lowest BCUT2D eigenvalue weighted by molar-refractivity contribution is 0.187. The van der Waals surface area contributed by atoms with Gasteiger partial charge in [-0.1, -0.05) is 23.7 Å². The summed E-state index contributed by atoms with van der Waals surface area (Å²) in [6.45, 7) is 1.58. The van der Waals surface area contributed by atoms with E-state index in [4.69, 9.17) is 22.1 Å². The summed E-state index contributed by atoms with van der Waals surface area (Å²) in [7, 11) is 0. The van der Waals surface area contributed by atoms with E-state index in [0.29, 0.717) is 6.04 Å². The van der Waals surface area contributed by atoms with Crippen LogP contribution >= 0.6 is 11.6 Å². The molecule has 1 unspecified atom stereocenters. The first-order valence-electron chi connectivity index (χ1n) is 7.46. The molecule has 0 aliphatic carbocycles. The topological polar surface area (TPSA) is 40.2 Å². The third-order valence-electron chi connectivity index (χ3n) is 4.27. The maximum Gasteiger partial charge on any atom is 0.0675 e. The van der Waals surface area contributed by atoms with Gasteiger partial charge in [0.1, 0.15) is 0 Å². The Labute approximate surface area is 134 Å². The predicted octanol–water partition coefficient (Wildman–Crippen LogP) is 4.51. The zero-order chi connectivity index (χ0) is 15.1. The van der Waals surface area contributed by atoms with Crippen molar-refractivity contribution in [2.45, 2.75) is 12.5 Å². The molecule has 1 aliphatic heterocycles. The van der Waals surface area contributed by atoms with Crippen LogP contribution in [0.25, 0.3) is 22.2 Å². The highest BCUT2D eigenvalue weighted by atomic mass is 35.5. The van der Waals surface area contributed by atoms with Crippen molar-refractivity contribution in [2.75, 3.05) is 18.9 Å². The van der Waals surface area contributed by atoms with Crippen LogP contribution in [0.1, 0.15) is 12.5 Å². The van der Waals surface area contributed by atoms with Crippen LogP contribution in [0.5, 0.6) is 0 Å². The van der Waals surface area contributed by atoms with Crippen LogP contribution < -0.4 is 5.73 Å². The third-order valence-corrected chi connectivity index (χ3v) is 4.53. The van der Waals surface area contributed by atoms with Crippen LogP contribution in [0.3, 0.4) is 0 Å². The standard InChI is InChI=1S/C18H17ClN2O/c19-14-3-1-12(2-4-14)18-10-13-9-15(20)5-6-17(13)21(18)16-7-8-22-11-16/h1-6,9-10,16H,7-8,11,20H2. The maximum atomic E-state index is 6.02. The fraction of sp³-hybridized carbons (Fsp3) is 0.222. The Morgan fingerprint density at radius 2 is 1.91 bits per heavy atom. The van der Waals surface area contributed by atoms with Gasteiger partial charge in [0.25, 0.3) is 0 Å². The van der Waals surface area contributed by atoms with Crippen molar-refractivity contribution in [1.29, 1.82) is 0 Å². The molecule has 1 atom stereocenters. The lowest BCUT2D eigenvalue weighted by Gasteiger charge is -2.17. The van der Waals surface area contributed by atoms with E-state index in [1.165, 1.54) is 11.2 Å². The minimum absolute atomic E-state index is 0.367. The average Bonchev–Trinajstić information content (AvgIpc) is 3.14. The monoisotopic (exact) mass is 312 g/mol. The molecule has 4 heteroatoms. The summed E-state index contributed by atoms with van der Waals surface area (Å²) in [5.41, 5.74) is 10.3. The first kappa shape index (κ1) is 13.7. The summed E-state index contributed by atoms with van der Waals surface area (Å²) >= 11 is 6.02. The molecule has 2 heterocycles. The van der Waals surface area contributed by atoms with Crippen LogP contribution in [0.15, 0.2) is 48.5 Å². The van der Waals surface area contributed by atoms with Crippen molar-refractivity contribution in [1.82, 2.24) is 4.57 Å². The number of benzene rings is 2. The number of aromatic nitrogens is 1. The first-order valence-corrected chi connectivity index (χ1v) is 7.84. The molecule has 0 amide bonds. The molecule has 0 radical (unpaired) electrons. The van der Waals surface area contributed by atoms with Crippen molar-refractivity contribution in [2.24, 2.45) is 0 Å². The molecule has 112 valence electrons. The number of fused-ring (bicyclic) bond motifs is 1. The molecule has 1 aromatic heterocycles. The van der Waals surface area contributed by atoms with Crippen molar-refractivity contribution >= 4 is 28.2 Å². The van der Waals surface area contributed by atoms with Crippen molar-refractivity contribution in [3.63, 3.8) is 0 Å². The number of rotatable bonds is 2. The molecule has 2 aromatic carbocycles. The number of halogens is 1. The smallest absolute Gasteiger partial charge is 0.0675 e. The zero-order valence-corrected chi connectivity index (χ0v) is 12.9. The Kier molecular flexibility index (Phi) is 3.32. The lowest BCUT2D eigenvalue weighted by Crippen LogP contribution is -2.09. The van der Waals surface area contributed by atoms with Gasteiger partial charge in [-0.25, -0.2) is 0 Å². The quantitative estimate of drug-likeness (QED) is 0.707. The van der Waals surface area contributed by atoms with Gasteiger partial charge in [0.15, 0.2) is 0 Å². The van der Waals surface area contributed by atoms with Gasteiger partial charge in [-0.15, -0.1) is 0 Å². The highest BCUT2D eigenvalue weighted by molar-refractivity contribution is 6.30. The molecule has 0 bridgehead atoms. The second kappa shape index (κ2) is 5.34. The number of nitrogen functional groups attached to an aromatic ring is 1. The van der Waals surface area contributed by atoms with Gasteiger partial charge >= 0.3 is 0 Å². The van der Waals surface area contributed by atoms with E-state index in [0.717, 1.165) is 41.3 Å². The number of ether oxygens (including phenoxy) is 1. The fourth-order valence-electron chi connectivity index (χ4n) is 3.22. The normalized spacial score (nSPS) is 18.1. The van der Waals surface area contributed by atoms with E-state index in [9.17, 15) is 0 Å². The lowest BCUT2D eigenvalue weighted by atomic mass is 10.1. The Morgan fingerprint density at radius 1 is 1.09 bits per heavy atom. The van der Waals surface area contributed by atoms with E-state index in [-0.39, 0.29) is 0 Å². The number of hydrogen-bond donors (Lipinski definition) is 1. The summed E-state index contributed by atoms with van der Waals surface area (Å²) in [6.07, 6.45) is 1.04. The van der Waals surface area contributed by atoms with Gasteiger partial charge in [0.2, 0.25) is 0 Å². The molecule has 1 saturated heterocycles. The molecular formula is C18H17ClN2O. The number of hydrogen-bond acceptors (Lipinski definition) is 2. The highest BCUT2D eigenvalue weighted by Gasteiger charge is 2.22. The Morgan fingerprint density at radius 3 is 2.64 bits per heavy atom. The Bertz CT molecular complexity index is 817. The summed E-state index contributed by atoms with van der Waals surface area (Å²) in [4.78, 5) is 0. The van der Waals surface area contributed by atoms with Gasteiger partial charge in [0.05, 0.1) is 12.6 Å². The third kappa shape index (κ3) is 2.27. The van der Waals surface area contributed by atoms with E-state index in [1.54, 1.807) is 0 Å². The summed E-state index contributed by atoms with van der Waals surface area (Å²) in [6, 6.07) is 16.6. The van der Waals surface area contributed by atoms with Crippen molar-refractivity contribution < 1.29 is 4.74 Å². The zero-order valence-electron chi connectivity index (χ0n) is 12.1. The molecule has 3 nitrogen and oxygen atoms in total. The van der Waals surface area contributed by atoms with Gasteiger partial charge in [-0.3, -0.25) is 0 Å². The molecule has 0 spiro atoms. The van der Waals surface area contributed by atoms with Gasteiger partial charge in [-0.2, -0.15) is 0 Å². The molecule has 22 heavy (non-hydrogen) atoms. The van der Waals surface area contributed by atoms with Gasteiger partial charge in [-0.05, 0) is 48.4 Å². The molecule has 1 fully saturated rings. The highest BCUT2D eigenvalue weighted by Crippen LogP contribution is 2.35. The fourth-order valence-corrected chi connectivity index (χ4v) is 3.34. The van der Waals surface area contributed by atoms with Gasteiger partial charge < -0.3 is 15.0 Å². The minimum atomic E-state index is 0.367. The molecule has 0 saturated carbocycles. The van der Waals surface area contributed by atoms with Gasteiger partial charge in [0, 0.05) is 33.9 Å². The largest absolute Gasteiger partial charge is 0.399 e. The summed E-state index contributed by atoms with van der Waals surface area (Å²) < 4.78 is 7.98. The number of nitrogens with two attached hydrogens (primary N) is 1. The molecule has 2 N–H and O–H groups in total. The second-order valence-electron chi connectivity index (χ2n) is 5.74. The molecular weight excluding hydrogens is 296 g/mol. The molecule has 1 aliphatic rings. The SMILES string of the molecule is Nc1ccc2c(c1)cc(-c1ccc(Cl)cc1)n2C1CCOC1.